The molecule has 7 heteroatoms. The molecule has 34 heavy (non-hydrogen) atoms. The Morgan fingerprint density at radius 3 is 2.41 bits per heavy atom. The Hall–Kier alpha value is -4.00. The summed E-state index contributed by atoms with van der Waals surface area (Å²) in [5.41, 5.74) is 8.92. The molecule has 0 amide bonds. The summed E-state index contributed by atoms with van der Waals surface area (Å²) in [4.78, 5) is 16.1. The summed E-state index contributed by atoms with van der Waals surface area (Å²) in [5.74, 6) is 1.61. The summed E-state index contributed by atoms with van der Waals surface area (Å²) >= 11 is 0. The van der Waals surface area contributed by atoms with E-state index in [-0.39, 0.29) is 0 Å². The smallest absolute Gasteiger partial charge is 0.250 e. The summed E-state index contributed by atoms with van der Waals surface area (Å²) in [6, 6.07) is 20.9. The van der Waals surface area contributed by atoms with Crippen molar-refractivity contribution in [2.24, 2.45) is 5.10 Å². The van der Waals surface area contributed by atoms with Crippen LogP contribution < -0.4 is 15.6 Å². The Kier molecular flexibility index (Phi) is 5.30. The van der Waals surface area contributed by atoms with Crippen molar-refractivity contribution in [1.82, 2.24) is 15.0 Å². The molecule has 1 aliphatic heterocycles. The third-order valence-corrected chi connectivity index (χ3v) is 6.63. The number of anilines is 4. The quantitative estimate of drug-likeness (QED) is 0.307. The molecule has 0 radical (unpaired) electrons. The van der Waals surface area contributed by atoms with Gasteiger partial charge in [-0.25, -0.2) is 5.43 Å². The van der Waals surface area contributed by atoms with Crippen molar-refractivity contribution >= 4 is 40.0 Å². The predicted molar refractivity (Wildman–Crippen MR) is 138 cm³/mol. The van der Waals surface area contributed by atoms with Crippen LogP contribution in [-0.4, -0.2) is 33.8 Å². The van der Waals surface area contributed by atoms with Crippen molar-refractivity contribution in [2.75, 3.05) is 28.7 Å². The average molecular weight is 450 g/mol. The monoisotopic (exact) mass is 449 g/mol. The highest BCUT2D eigenvalue weighted by Crippen LogP contribution is 2.33. The van der Waals surface area contributed by atoms with Gasteiger partial charge in [-0.15, -0.1) is 0 Å². The maximum absolute atomic E-state index is 4.68. The Bertz CT molecular complexity index is 1360. The normalized spacial score (nSPS) is 15.2. The number of para-hydroxylation sites is 1. The number of aromatic nitrogens is 3. The summed E-state index contributed by atoms with van der Waals surface area (Å²) < 4.78 is 0. The SMILES string of the molecule is C/C(=N\Nc1nc(Nc2ccccc2)nc(N2CCCC2)n1)c1ccc2c3c(cccc13)CC2. The van der Waals surface area contributed by atoms with E-state index in [4.69, 9.17) is 0 Å². The van der Waals surface area contributed by atoms with Crippen molar-refractivity contribution in [3.8, 4) is 0 Å². The van der Waals surface area contributed by atoms with Gasteiger partial charge in [0.05, 0.1) is 5.71 Å². The van der Waals surface area contributed by atoms with Gasteiger partial charge in [0.2, 0.25) is 17.8 Å². The number of hydrogen-bond donors (Lipinski definition) is 2. The van der Waals surface area contributed by atoms with Crippen molar-refractivity contribution in [3.05, 3.63) is 77.4 Å². The van der Waals surface area contributed by atoms with Crippen molar-refractivity contribution in [2.45, 2.75) is 32.6 Å². The Labute approximate surface area is 199 Å². The highest BCUT2D eigenvalue weighted by molar-refractivity contribution is 6.11. The van der Waals surface area contributed by atoms with E-state index in [2.05, 4.69) is 66.0 Å². The van der Waals surface area contributed by atoms with Gasteiger partial charge in [-0.1, -0.05) is 48.5 Å². The number of aryl methyl sites for hydroxylation is 2. The highest BCUT2D eigenvalue weighted by Gasteiger charge is 2.19. The second-order valence-corrected chi connectivity index (χ2v) is 8.89. The lowest BCUT2D eigenvalue weighted by molar-refractivity contribution is 0.882. The van der Waals surface area contributed by atoms with Crippen LogP contribution in [0.4, 0.5) is 23.5 Å². The molecular weight excluding hydrogens is 422 g/mol. The molecule has 4 aromatic rings. The van der Waals surface area contributed by atoms with Crippen molar-refractivity contribution < 1.29 is 0 Å². The van der Waals surface area contributed by atoms with Crippen LogP contribution in [0.2, 0.25) is 0 Å². The van der Waals surface area contributed by atoms with E-state index in [0.717, 1.165) is 55.7 Å². The lowest BCUT2D eigenvalue weighted by Crippen LogP contribution is -2.22. The minimum absolute atomic E-state index is 0.431. The number of benzene rings is 3. The third kappa shape index (κ3) is 3.94. The lowest BCUT2D eigenvalue weighted by atomic mass is 9.98. The molecule has 0 bridgehead atoms. The summed E-state index contributed by atoms with van der Waals surface area (Å²) in [7, 11) is 0. The van der Waals surface area contributed by atoms with Gasteiger partial charge in [-0.2, -0.15) is 20.1 Å². The molecule has 170 valence electrons. The number of hydrazone groups is 1. The first-order valence-corrected chi connectivity index (χ1v) is 11.9. The Morgan fingerprint density at radius 1 is 0.824 bits per heavy atom. The van der Waals surface area contributed by atoms with Crippen molar-refractivity contribution in [1.29, 1.82) is 0 Å². The number of hydrogen-bond acceptors (Lipinski definition) is 7. The second-order valence-electron chi connectivity index (χ2n) is 8.89. The number of rotatable bonds is 6. The van der Waals surface area contributed by atoms with E-state index in [1.165, 1.54) is 21.9 Å². The maximum atomic E-state index is 4.68. The zero-order valence-corrected chi connectivity index (χ0v) is 19.3. The maximum Gasteiger partial charge on any atom is 0.250 e. The third-order valence-electron chi connectivity index (χ3n) is 6.63. The number of nitrogens with one attached hydrogen (secondary N) is 2. The molecule has 1 saturated heterocycles. The van der Waals surface area contributed by atoms with Crippen LogP contribution >= 0.6 is 0 Å². The van der Waals surface area contributed by atoms with E-state index < -0.39 is 0 Å². The van der Waals surface area contributed by atoms with Gasteiger partial charge < -0.3 is 10.2 Å². The van der Waals surface area contributed by atoms with E-state index in [9.17, 15) is 0 Å². The van der Waals surface area contributed by atoms with Gasteiger partial charge >= 0.3 is 0 Å². The molecule has 1 aromatic heterocycles. The van der Waals surface area contributed by atoms with Crippen LogP contribution in [0.1, 0.15) is 36.5 Å². The fraction of sp³-hybridized carbons (Fsp3) is 0.259. The molecule has 1 aliphatic carbocycles. The van der Waals surface area contributed by atoms with Gasteiger partial charge in [0.15, 0.2) is 0 Å². The van der Waals surface area contributed by atoms with Crippen LogP contribution in [0, 0.1) is 0 Å². The minimum Gasteiger partial charge on any atom is -0.341 e. The molecular formula is C27H27N7. The first kappa shape index (κ1) is 20.6. The average Bonchev–Trinajstić information content (AvgIpc) is 3.55. The lowest BCUT2D eigenvalue weighted by Gasteiger charge is -2.17. The molecule has 0 atom stereocenters. The molecule has 2 aliphatic rings. The molecule has 0 saturated carbocycles. The van der Waals surface area contributed by atoms with E-state index in [1.54, 1.807) is 0 Å². The van der Waals surface area contributed by atoms with Crippen LogP contribution in [0.25, 0.3) is 10.8 Å². The molecule has 3 aromatic carbocycles. The van der Waals surface area contributed by atoms with Gasteiger partial charge in [0, 0.05) is 24.3 Å². The summed E-state index contributed by atoms with van der Waals surface area (Å²) in [6.45, 7) is 3.94. The van der Waals surface area contributed by atoms with Crippen molar-refractivity contribution in [3.63, 3.8) is 0 Å². The molecule has 0 spiro atoms. The molecule has 0 unspecified atom stereocenters. The minimum atomic E-state index is 0.431. The topological polar surface area (TPSA) is 78.3 Å². The molecule has 2 N–H and O–H groups in total. The van der Waals surface area contributed by atoms with E-state index >= 15 is 0 Å². The molecule has 6 rings (SSSR count). The van der Waals surface area contributed by atoms with Crippen LogP contribution in [0.15, 0.2) is 65.8 Å². The van der Waals surface area contributed by atoms with Crippen LogP contribution in [0.5, 0.6) is 0 Å². The summed E-state index contributed by atoms with van der Waals surface area (Å²) in [6.07, 6.45) is 4.54. The molecule has 1 fully saturated rings. The summed E-state index contributed by atoms with van der Waals surface area (Å²) in [5, 5.41) is 10.6. The zero-order valence-electron chi connectivity index (χ0n) is 19.3. The van der Waals surface area contributed by atoms with E-state index in [1.807, 2.05) is 37.3 Å². The second kappa shape index (κ2) is 8.74. The molecule has 7 nitrogen and oxygen atoms in total. The highest BCUT2D eigenvalue weighted by atomic mass is 15.4. The zero-order chi connectivity index (χ0) is 22.9. The van der Waals surface area contributed by atoms with Crippen LogP contribution in [-0.2, 0) is 12.8 Å². The molecule has 2 heterocycles. The van der Waals surface area contributed by atoms with Gasteiger partial charge in [-0.05, 0) is 66.6 Å². The fourth-order valence-corrected chi connectivity index (χ4v) is 4.94. The van der Waals surface area contributed by atoms with E-state index in [0.29, 0.717) is 17.8 Å². The number of nitrogens with zero attached hydrogens (tertiary/aromatic N) is 5. The van der Waals surface area contributed by atoms with Gasteiger partial charge in [-0.3, -0.25) is 0 Å². The largest absolute Gasteiger partial charge is 0.341 e. The predicted octanol–water partition coefficient (Wildman–Crippen LogP) is 5.30. The van der Waals surface area contributed by atoms with Crippen LogP contribution in [0.3, 0.4) is 0 Å². The Morgan fingerprint density at radius 2 is 1.59 bits per heavy atom. The van der Waals surface area contributed by atoms with Gasteiger partial charge in [0.25, 0.3) is 0 Å². The standard InChI is InChI=1S/C27H27N7/c1-18(22-15-14-20-13-12-19-8-7-11-23(22)24(19)20)32-33-26-29-25(28-21-9-3-2-4-10-21)30-27(31-26)34-16-5-6-17-34/h2-4,7-11,14-15H,5-6,12-13,16-17H2,1H3,(H2,28,29,30,31,33)/b32-18+. The Balaban J connectivity index is 1.32. The first-order chi connectivity index (χ1) is 16.7. The first-order valence-electron chi connectivity index (χ1n) is 11.9. The van der Waals surface area contributed by atoms with Gasteiger partial charge in [0.1, 0.15) is 0 Å². The fourth-order valence-electron chi connectivity index (χ4n) is 4.94.